The van der Waals surface area contributed by atoms with Crippen LogP contribution >= 0.6 is 0 Å². The van der Waals surface area contributed by atoms with Gasteiger partial charge in [-0.3, -0.25) is 0 Å². The number of nitrogens with two attached hydrogens (primary N) is 1. The molecule has 0 bridgehead atoms. The molecular weight excluding hydrogens is 204 g/mol. The van der Waals surface area contributed by atoms with Crippen molar-refractivity contribution in [2.75, 3.05) is 6.61 Å². The van der Waals surface area contributed by atoms with Gasteiger partial charge >= 0.3 is 0 Å². The normalized spacial score (nSPS) is 12.6. The van der Waals surface area contributed by atoms with Crippen molar-refractivity contribution in [2.45, 2.75) is 12.5 Å². The molecule has 1 aromatic heterocycles. The second kappa shape index (κ2) is 4.87. The Morgan fingerprint density at radius 2 is 2.06 bits per heavy atom. The van der Waals surface area contributed by atoms with Gasteiger partial charge in [-0.1, -0.05) is 12.1 Å². The van der Waals surface area contributed by atoms with Crippen LogP contribution in [0.5, 0.6) is 0 Å². The Morgan fingerprint density at radius 1 is 1.31 bits per heavy atom. The molecule has 0 spiro atoms. The summed E-state index contributed by atoms with van der Waals surface area (Å²) < 4.78 is 1.68. The quantitative estimate of drug-likeness (QED) is 0.790. The van der Waals surface area contributed by atoms with Gasteiger partial charge in [0, 0.05) is 12.6 Å². The fourth-order valence-corrected chi connectivity index (χ4v) is 1.52. The first kappa shape index (κ1) is 10.8. The van der Waals surface area contributed by atoms with Gasteiger partial charge in [0.05, 0.1) is 5.69 Å². The number of hydrogen-bond acceptors (Lipinski definition) is 4. The Hall–Kier alpha value is -1.72. The molecular formula is C11H14N4O. The molecule has 0 saturated carbocycles. The predicted molar refractivity (Wildman–Crippen MR) is 60.0 cm³/mol. The van der Waals surface area contributed by atoms with Gasteiger partial charge in [0.25, 0.3) is 0 Å². The lowest BCUT2D eigenvalue weighted by Gasteiger charge is -2.10. The van der Waals surface area contributed by atoms with E-state index < -0.39 is 0 Å². The van der Waals surface area contributed by atoms with Crippen molar-refractivity contribution in [3.8, 4) is 5.69 Å². The minimum atomic E-state index is -0.116. The maximum atomic E-state index is 8.80. The molecule has 2 rings (SSSR count). The average Bonchev–Trinajstić information content (AvgIpc) is 2.83. The number of aromatic nitrogens is 3. The summed E-state index contributed by atoms with van der Waals surface area (Å²) in [4.78, 5) is 3.88. The fourth-order valence-electron chi connectivity index (χ4n) is 1.52. The SMILES string of the molecule is NC(CCO)c1ccc(-n2cncn2)cc1. The molecule has 1 atom stereocenters. The van der Waals surface area contributed by atoms with Gasteiger partial charge in [-0.2, -0.15) is 5.10 Å². The summed E-state index contributed by atoms with van der Waals surface area (Å²) in [7, 11) is 0. The Kier molecular flexibility index (Phi) is 3.28. The van der Waals surface area contributed by atoms with Crippen molar-refractivity contribution in [1.29, 1.82) is 0 Å². The average molecular weight is 218 g/mol. The van der Waals surface area contributed by atoms with Crippen molar-refractivity contribution in [1.82, 2.24) is 14.8 Å². The number of hydrogen-bond donors (Lipinski definition) is 2. The van der Waals surface area contributed by atoms with E-state index in [0.717, 1.165) is 11.3 Å². The Bertz CT molecular complexity index is 424. The molecule has 0 fully saturated rings. The molecule has 0 saturated heterocycles. The van der Waals surface area contributed by atoms with Gasteiger partial charge in [-0.25, -0.2) is 9.67 Å². The molecule has 84 valence electrons. The highest BCUT2D eigenvalue weighted by atomic mass is 16.3. The van der Waals surface area contributed by atoms with E-state index in [1.165, 1.54) is 6.33 Å². The summed E-state index contributed by atoms with van der Waals surface area (Å²) in [5.41, 5.74) is 7.83. The van der Waals surface area contributed by atoms with Crippen LogP contribution in [0.3, 0.4) is 0 Å². The molecule has 1 heterocycles. The van der Waals surface area contributed by atoms with Crippen LogP contribution in [0, 0.1) is 0 Å². The molecule has 0 amide bonds. The number of aliphatic hydroxyl groups is 1. The smallest absolute Gasteiger partial charge is 0.138 e. The first-order valence-electron chi connectivity index (χ1n) is 5.12. The monoisotopic (exact) mass is 218 g/mol. The van der Waals surface area contributed by atoms with E-state index in [9.17, 15) is 0 Å². The lowest BCUT2D eigenvalue weighted by molar-refractivity contribution is 0.276. The summed E-state index contributed by atoms with van der Waals surface area (Å²) >= 11 is 0. The zero-order valence-electron chi connectivity index (χ0n) is 8.82. The van der Waals surface area contributed by atoms with Crippen LogP contribution in [0.15, 0.2) is 36.9 Å². The van der Waals surface area contributed by atoms with Crippen LogP contribution < -0.4 is 5.73 Å². The highest BCUT2D eigenvalue weighted by molar-refractivity contribution is 5.34. The molecule has 3 N–H and O–H groups in total. The van der Waals surface area contributed by atoms with Crippen molar-refractivity contribution >= 4 is 0 Å². The Morgan fingerprint density at radius 3 is 2.62 bits per heavy atom. The summed E-state index contributed by atoms with van der Waals surface area (Å²) in [6.07, 6.45) is 3.71. The molecule has 2 aromatic rings. The maximum Gasteiger partial charge on any atom is 0.138 e. The summed E-state index contributed by atoms with van der Waals surface area (Å²) in [5.74, 6) is 0. The minimum absolute atomic E-state index is 0.103. The predicted octanol–water partition coefficient (Wildman–Crippen LogP) is 0.650. The van der Waals surface area contributed by atoms with E-state index in [4.69, 9.17) is 10.8 Å². The molecule has 1 unspecified atom stereocenters. The topological polar surface area (TPSA) is 77.0 Å². The third kappa shape index (κ3) is 2.26. The zero-order chi connectivity index (χ0) is 11.4. The van der Waals surface area contributed by atoms with Gasteiger partial charge < -0.3 is 10.8 Å². The van der Waals surface area contributed by atoms with Gasteiger partial charge in [0.15, 0.2) is 0 Å². The molecule has 0 aliphatic heterocycles. The zero-order valence-corrected chi connectivity index (χ0v) is 8.82. The van der Waals surface area contributed by atoms with Gasteiger partial charge in [-0.05, 0) is 24.1 Å². The number of aliphatic hydroxyl groups excluding tert-OH is 1. The number of nitrogens with zero attached hydrogens (tertiary/aromatic N) is 3. The van der Waals surface area contributed by atoms with E-state index in [1.54, 1.807) is 11.0 Å². The minimum Gasteiger partial charge on any atom is -0.396 e. The molecule has 5 nitrogen and oxygen atoms in total. The van der Waals surface area contributed by atoms with Gasteiger partial charge in [0.2, 0.25) is 0 Å². The summed E-state index contributed by atoms with van der Waals surface area (Å²) in [6.45, 7) is 0.103. The lowest BCUT2D eigenvalue weighted by atomic mass is 10.1. The third-order valence-corrected chi connectivity index (χ3v) is 2.44. The maximum absolute atomic E-state index is 8.80. The van der Waals surface area contributed by atoms with Crippen molar-refractivity contribution in [2.24, 2.45) is 5.73 Å². The molecule has 0 aliphatic carbocycles. The molecule has 1 aromatic carbocycles. The van der Waals surface area contributed by atoms with Crippen molar-refractivity contribution in [3.63, 3.8) is 0 Å². The molecule has 16 heavy (non-hydrogen) atoms. The molecule has 0 radical (unpaired) electrons. The van der Waals surface area contributed by atoms with Crippen LogP contribution in [-0.4, -0.2) is 26.5 Å². The van der Waals surface area contributed by atoms with E-state index in [2.05, 4.69) is 10.1 Å². The van der Waals surface area contributed by atoms with Crippen LogP contribution in [-0.2, 0) is 0 Å². The van der Waals surface area contributed by atoms with E-state index in [0.29, 0.717) is 6.42 Å². The van der Waals surface area contributed by atoms with Crippen LogP contribution in [0.1, 0.15) is 18.0 Å². The van der Waals surface area contributed by atoms with Crippen LogP contribution in [0.4, 0.5) is 0 Å². The lowest BCUT2D eigenvalue weighted by Crippen LogP contribution is -2.11. The van der Waals surface area contributed by atoms with Crippen LogP contribution in [0.25, 0.3) is 5.69 Å². The highest BCUT2D eigenvalue weighted by Crippen LogP contribution is 2.15. The van der Waals surface area contributed by atoms with E-state index >= 15 is 0 Å². The van der Waals surface area contributed by atoms with Gasteiger partial charge in [0.1, 0.15) is 12.7 Å². The fraction of sp³-hybridized carbons (Fsp3) is 0.273. The van der Waals surface area contributed by atoms with Crippen LogP contribution in [0.2, 0.25) is 0 Å². The number of benzene rings is 1. The summed E-state index contributed by atoms with van der Waals surface area (Å²) in [5, 5.41) is 12.8. The Balaban J connectivity index is 2.16. The first-order valence-corrected chi connectivity index (χ1v) is 5.12. The Labute approximate surface area is 93.5 Å². The van der Waals surface area contributed by atoms with E-state index in [1.807, 2.05) is 24.3 Å². The van der Waals surface area contributed by atoms with Gasteiger partial charge in [-0.15, -0.1) is 0 Å². The first-order chi connectivity index (χ1) is 7.81. The standard InChI is InChI=1S/C11H14N4O/c12-11(5-6-16)9-1-3-10(4-2-9)15-8-13-7-14-15/h1-4,7-8,11,16H,5-6,12H2. The molecule has 5 heteroatoms. The third-order valence-electron chi connectivity index (χ3n) is 2.44. The van der Waals surface area contributed by atoms with Crippen molar-refractivity contribution in [3.05, 3.63) is 42.5 Å². The van der Waals surface area contributed by atoms with Crippen molar-refractivity contribution < 1.29 is 5.11 Å². The highest BCUT2D eigenvalue weighted by Gasteiger charge is 2.05. The summed E-state index contributed by atoms with van der Waals surface area (Å²) in [6, 6.07) is 7.63. The van der Waals surface area contributed by atoms with E-state index in [-0.39, 0.29) is 12.6 Å². The second-order valence-electron chi connectivity index (χ2n) is 3.55. The number of rotatable bonds is 4. The molecule has 0 aliphatic rings. The second-order valence-corrected chi connectivity index (χ2v) is 3.55. The largest absolute Gasteiger partial charge is 0.396 e.